The van der Waals surface area contributed by atoms with Crippen LogP contribution in [0, 0.1) is 6.92 Å². The highest BCUT2D eigenvalue weighted by Crippen LogP contribution is 1.95. The van der Waals surface area contributed by atoms with Crippen LogP contribution in [0.3, 0.4) is 0 Å². The third-order valence-electron chi connectivity index (χ3n) is 0.634. The van der Waals surface area contributed by atoms with Gasteiger partial charge in [0.05, 0.1) is 0 Å². The summed E-state index contributed by atoms with van der Waals surface area (Å²) in [5.41, 5.74) is 0. The van der Waals surface area contributed by atoms with Crippen molar-refractivity contribution in [1.29, 1.82) is 0 Å². The molecule has 0 fully saturated rings. The Morgan fingerprint density at radius 3 is 2.17 bits per heavy atom. The Hall–Kier alpha value is 0.480. The minimum atomic E-state index is 1.08. The van der Waals surface area contributed by atoms with Crippen molar-refractivity contribution in [2.75, 3.05) is 5.33 Å². The maximum Gasteiger partial charge on any atom is 0.00313 e. The van der Waals surface area contributed by atoms with Crippen molar-refractivity contribution in [3.63, 3.8) is 0 Å². The molecule has 0 aromatic rings. The molecule has 0 amide bonds. The second kappa shape index (κ2) is 5.48. The summed E-state index contributed by atoms with van der Waals surface area (Å²) < 4.78 is 0. The smallest absolute Gasteiger partial charge is 0.00313 e. The fourth-order valence-electron chi connectivity index (χ4n) is 0.271. The molecule has 6 heavy (non-hydrogen) atoms. The van der Waals surface area contributed by atoms with E-state index in [-0.39, 0.29) is 0 Å². The summed E-state index contributed by atoms with van der Waals surface area (Å²) in [5.74, 6) is 0. The van der Waals surface area contributed by atoms with Gasteiger partial charge in [-0.2, -0.15) is 0 Å². The molecule has 1 radical (unpaired) electrons. The number of hydrogen-bond acceptors (Lipinski definition) is 0. The summed E-state index contributed by atoms with van der Waals surface area (Å²) >= 11 is 3.32. The van der Waals surface area contributed by atoms with E-state index in [0.29, 0.717) is 0 Å². The van der Waals surface area contributed by atoms with Crippen molar-refractivity contribution >= 4 is 15.9 Å². The molecule has 0 N–H and O–H groups in total. The van der Waals surface area contributed by atoms with Crippen LogP contribution in [0.2, 0.25) is 0 Å². The summed E-state index contributed by atoms with van der Waals surface area (Å²) in [4.78, 5) is 0. The second-order valence-electron chi connectivity index (χ2n) is 1.25. The lowest BCUT2D eigenvalue weighted by molar-refractivity contribution is 0.825. The summed E-state index contributed by atoms with van der Waals surface area (Å²) in [5, 5.41) is 1.13. The van der Waals surface area contributed by atoms with E-state index in [2.05, 4.69) is 22.9 Å². The average Bonchev–Trinajstić information content (AvgIpc) is 1.61. The van der Waals surface area contributed by atoms with Gasteiger partial charge in [-0.25, -0.2) is 0 Å². The van der Waals surface area contributed by atoms with Crippen molar-refractivity contribution < 1.29 is 0 Å². The third kappa shape index (κ3) is 4.48. The maximum atomic E-state index is 3.70. The second-order valence-corrected chi connectivity index (χ2v) is 2.04. The highest BCUT2D eigenvalue weighted by molar-refractivity contribution is 9.09. The molecular formula is C5H10Br. The van der Waals surface area contributed by atoms with Crippen LogP contribution in [0.4, 0.5) is 0 Å². The highest BCUT2D eigenvalue weighted by atomic mass is 79.9. The van der Waals surface area contributed by atoms with Crippen LogP contribution in [0.25, 0.3) is 0 Å². The van der Waals surface area contributed by atoms with Gasteiger partial charge in [-0.1, -0.05) is 35.7 Å². The number of hydrogen-bond donors (Lipinski definition) is 0. The molecule has 0 aliphatic rings. The molecule has 0 saturated carbocycles. The lowest BCUT2D eigenvalue weighted by Gasteiger charge is -1.84. The van der Waals surface area contributed by atoms with Crippen LogP contribution >= 0.6 is 15.9 Å². The van der Waals surface area contributed by atoms with Gasteiger partial charge in [-0.05, 0) is 6.42 Å². The van der Waals surface area contributed by atoms with E-state index in [4.69, 9.17) is 0 Å². The Morgan fingerprint density at radius 2 is 2.00 bits per heavy atom. The van der Waals surface area contributed by atoms with Gasteiger partial charge in [0, 0.05) is 5.33 Å². The zero-order valence-electron chi connectivity index (χ0n) is 3.91. The molecule has 37 valence electrons. The van der Waals surface area contributed by atoms with Crippen LogP contribution < -0.4 is 0 Å². The summed E-state index contributed by atoms with van der Waals surface area (Å²) in [6.07, 6.45) is 3.60. The van der Waals surface area contributed by atoms with Crippen molar-refractivity contribution in [1.82, 2.24) is 0 Å². The molecule has 0 aliphatic heterocycles. The SMILES string of the molecule is [CH2]CCCCBr. The number of halogens is 1. The van der Waals surface area contributed by atoms with E-state index >= 15 is 0 Å². The van der Waals surface area contributed by atoms with E-state index in [1.165, 1.54) is 12.8 Å². The maximum absolute atomic E-state index is 3.70. The molecule has 1 heteroatoms. The van der Waals surface area contributed by atoms with Crippen molar-refractivity contribution in [2.24, 2.45) is 0 Å². The molecule has 0 aromatic heterocycles. The highest BCUT2D eigenvalue weighted by Gasteiger charge is 1.76. The van der Waals surface area contributed by atoms with Crippen LogP contribution in [-0.2, 0) is 0 Å². The first-order chi connectivity index (χ1) is 2.91. The third-order valence-corrected chi connectivity index (χ3v) is 1.19. The fraction of sp³-hybridized carbons (Fsp3) is 0.800. The van der Waals surface area contributed by atoms with Gasteiger partial charge in [0.25, 0.3) is 0 Å². The van der Waals surface area contributed by atoms with Crippen LogP contribution in [-0.4, -0.2) is 5.33 Å². The lowest BCUT2D eigenvalue weighted by Crippen LogP contribution is -1.70. The largest absolute Gasteiger partial charge is 0.0928 e. The molecule has 0 aromatic carbocycles. The first-order valence-electron chi connectivity index (χ1n) is 2.27. The molecule has 0 spiro atoms. The van der Waals surface area contributed by atoms with Gasteiger partial charge in [0.15, 0.2) is 0 Å². The van der Waals surface area contributed by atoms with Crippen molar-refractivity contribution in [2.45, 2.75) is 19.3 Å². The molecule has 0 rings (SSSR count). The number of rotatable bonds is 3. The minimum Gasteiger partial charge on any atom is -0.0928 e. The first kappa shape index (κ1) is 6.48. The number of alkyl halides is 1. The van der Waals surface area contributed by atoms with Gasteiger partial charge in [-0.15, -0.1) is 0 Å². The average molecular weight is 150 g/mol. The molecule has 0 saturated heterocycles. The Kier molecular flexibility index (Phi) is 5.92. The van der Waals surface area contributed by atoms with Crippen LogP contribution in [0.5, 0.6) is 0 Å². The molecule has 0 nitrogen and oxygen atoms in total. The summed E-state index contributed by atoms with van der Waals surface area (Å²) in [6, 6.07) is 0. The number of unbranched alkanes of at least 4 members (excludes halogenated alkanes) is 2. The zero-order valence-corrected chi connectivity index (χ0v) is 5.50. The Bertz CT molecular complexity index is 15.9. The van der Waals surface area contributed by atoms with E-state index in [1.807, 2.05) is 0 Å². The van der Waals surface area contributed by atoms with Crippen molar-refractivity contribution in [3.8, 4) is 0 Å². The van der Waals surface area contributed by atoms with E-state index in [1.54, 1.807) is 0 Å². The van der Waals surface area contributed by atoms with Crippen LogP contribution in [0.15, 0.2) is 0 Å². The standard InChI is InChI=1S/C5H10Br/c1-2-3-4-5-6/h1-5H2. The normalized spacial score (nSPS) is 9.00. The van der Waals surface area contributed by atoms with E-state index in [9.17, 15) is 0 Å². The molecule has 0 aliphatic carbocycles. The zero-order chi connectivity index (χ0) is 4.83. The predicted octanol–water partition coefficient (Wildman–Crippen LogP) is 2.39. The Morgan fingerprint density at radius 1 is 1.33 bits per heavy atom. The van der Waals surface area contributed by atoms with Gasteiger partial charge in [0.1, 0.15) is 0 Å². The molecule has 0 unspecified atom stereocenters. The topological polar surface area (TPSA) is 0 Å². The van der Waals surface area contributed by atoms with Gasteiger partial charge >= 0.3 is 0 Å². The molecule has 0 heterocycles. The minimum absolute atomic E-state index is 1.08. The van der Waals surface area contributed by atoms with Crippen molar-refractivity contribution in [3.05, 3.63) is 6.92 Å². The summed E-state index contributed by atoms with van der Waals surface area (Å²) in [6.45, 7) is 3.70. The predicted molar refractivity (Wildman–Crippen MR) is 33.0 cm³/mol. The molecular weight excluding hydrogens is 140 g/mol. The van der Waals surface area contributed by atoms with E-state index in [0.717, 1.165) is 11.8 Å². The summed E-state index contributed by atoms with van der Waals surface area (Å²) in [7, 11) is 0. The first-order valence-corrected chi connectivity index (χ1v) is 3.39. The lowest BCUT2D eigenvalue weighted by atomic mass is 10.3. The Labute approximate surface area is 48.1 Å². The molecule has 0 atom stereocenters. The van der Waals surface area contributed by atoms with Gasteiger partial charge in [-0.3, -0.25) is 0 Å². The fourth-order valence-corrected chi connectivity index (χ4v) is 0.668. The molecule has 0 bridgehead atoms. The van der Waals surface area contributed by atoms with Gasteiger partial charge in [0.2, 0.25) is 0 Å². The quantitative estimate of drug-likeness (QED) is 0.428. The Balaban J connectivity index is 2.34. The van der Waals surface area contributed by atoms with Crippen LogP contribution in [0.1, 0.15) is 19.3 Å². The van der Waals surface area contributed by atoms with Gasteiger partial charge < -0.3 is 0 Å². The van der Waals surface area contributed by atoms with E-state index < -0.39 is 0 Å². The monoisotopic (exact) mass is 149 g/mol.